The third kappa shape index (κ3) is 3.15. The van der Waals surface area contributed by atoms with Gasteiger partial charge in [0.05, 0.1) is 7.11 Å². The highest BCUT2D eigenvalue weighted by Gasteiger charge is 2.14. The van der Waals surface area contributed by atoms with Crippen molar-refractivity contribution in [2.45, 2.75) is 47.1 Å². The van der Waals surface area contributed by atoms with Gasteiger partial charge in [-0.05, 0) is 37.8 Å². The van der Waals surface area contributed by atoms with Gasteiger partial charge in [0, 0.05) is 17.3 Å². The molecule has 0 bridgehead atoms. The first-order valence-corrected chi connectivity index (χ1v) is 6.42. The van der Waals surface area contributed by atoms with Crippen LogP contribution in [0, 0.1) is 19.8 Å². The summed E-state index contributed by atoms with van der Waals surface area (Å²) in [6.07, 6.45) is 1.13. The lowest BCUT2D eigenvalue weighted by atomic mass is 10.00. The fourth-order valence-corrected chi connectivity index (χ4v) is 2.24. The van der Waals surface area contributed by atoms with E-state index in [1.54, 1.807) is 7.11 Å². The molecule has 1 rings (SSSR count). The Labute approximate surface area is 105 Å². The minimum atomic E-state index is 0.515. The maximum absolute atomic E-state index is 5.45. The standard InChI is InChI=1S/C15H25NO/c1-7-13(10(2)3)16-14-9-8-11(4)15(17-6)12(14)5/h8-10,13,16H,7H2,1-6H3. The van der Waals surface area contributed by atoms with Crippen LogP contribution >= 0.6 is 0 Å². The summed E-state index contributed by atoms with van der Waals surface area (Å²) in [7, 11) is 1.73. The highest BCUT2D eigenvalue weighted by Crippen LogP contribution is 2.30. The molecule has 1 N–H and O–H groups in total. The van der Waals surface area contributed by atoms with Crippen molar-refractivity contribution in [3.05, 3.63) is 23.3 Å². The van der Waals surface area contributed by atoms with Crippen molar-refractivity contribution >= 4 is 5.69 Å². The van der Waals surface area contributed by atoms with Gasteiger partial charge in [0.1, 0.15) is 5.75 Å². The largest absolute Gasteiger partial charge is 0.496 e. The summed E-state index contributed by atoms with van der Waals surface area (Å²) in [5, 5.41) is 3.62. The van der Waals surface area contributed by atoms with Crippen molar-refractivity contribution in [1.82, 2.24) is 0 Å². The number of rotatable bonds is 5. The summed E-state index contributed by atoms with van der Waals surface area (Å²) in [5.41, 5.74) is 3.58. The van der Waals surface area contributed by atoms with E-state index in [2.05, 4.69) is 52.1 Å². The van der Waals surface area contributed by atoms with Crippen LogP contribution in [-0.2, 0) is 0 Å². The molecular weight excluding hydrogens is 210 g/mol. The molecule has 2 heteroatoms. The van der Waals surface area contributed by atoms with Gasteiger partial charge in [-0.25, -0.2) is 0 Å². The molecule has 0 aliphatic carbocycles. The van der Waals surface area contributed by atoms with Crippen molar-refractivity contribution in [3.8, 4) is 5.75 Å². The van der Waals surface area contributed by atoms with E-state index in [4.69, 9.17) is 4.74 Å². The Morgan fingerprint density at radius 1 is 1.24 bits per heavy atom. The van der Waals surface area contributed by atoms with Crippen LogP contribution in [0.5, 0.6) is 5.75 Å². The molecule has 0 saturated heterocycles. The van der Waals surface area contributed by atoms with E-state index in [-0.39, 0.29) is 0 Å². The Bertz CT molecular complexity index is 371. The van der Waals surface area contributed by atoms with E-state index in [0.29, 0.717) is 12.0 Å². The van der Waals surface area contributed by atoms with Crippen LogP contribution in [0.15, 0.2) is 12.1 Å². The number of hydrogen-bond donors (Lipinski definition) is 1. The molecule has 1 atom stereocenters. The fourth-order valence-electron chi connectivity index (χ4n) is 2.24. The summed E-state index contributed by atoms with van der Waals surface area (Å²) in [6, 6.07) is 4.78. The predicted octanol–water partition coefficient (Wildman–Crippen LogP) is 4.16. The minimum absolute atomic E-state index is 0.515. The first-order valence-electron chi connectivity index (χ1n) is 6.42. The molecule has 0 spiro atoms. The number of methoxy groups -OCH3 is 1. The molecule has 0 aromatic heterocycles. The van der Waals surface area contributed by atoms with Gasteiger partial charge in [-0.15, -0.1) is 0 Å². The lowest BCUT2D eigenvalue weighted by molar-refractivity contribution is 0.408. The zero-order valence-electron chi connectivity index (χ0n) is 11.9. The van der Waals surface area contributed by atoms with Crippen molar-refractivity contribution in [2.75, 3.05) is 12.4 Å². The van der Waals surface area contributed by atoms with Gasteiger partial charge < -0.3 is 10.1 Å². The normalized spacial score (nSPS) is 12.6. The number of hydrogen-bond acceptors (Lipinski definition) is 2. The number of ether oxygens (including phenoxy) is 1. The van der Waals surface area contributed by atoms with Gasteiger partial charge in [0.2, 0.25) is 0 Å². The van der Waals surface area contributed by atoms with Gasteiger partial charge in [-0.2, -0.15) is 0 Å². The average molecular weight is 235 g/mol. The Morgan fingerprint density at radius 3 is 2.35 bits per heavy atom. The minimum Gasteiger partial charge on any atom is -0.496 e. The highest BCUT2D eigenvalue weighted by molar-refractivity contribution is 5.60. The molecule has 0 heterocycles. The second-order valence-corrected chi connectivity index (χ2v) is 4.99. The topological polar surface area (TPSA) is 21.3 Å². The van der Waals surface area contributed by atoms with Gasteiger partial charge >= 0.3 is 0 Å². The van der Waals surface area contributed by atoms with Crippen molar-refractivity contribution in [2.24, 2.45) is 5.92 Å². The van der Waals surface area contributed by atoms with Crippen LogP contribution in [0.1, 0.15) is 38.3 Å². The quantitative estimate of drug-likeness (QED) is 0.827. The summed E-state index contributed by atoms with van der Waals surface area (Å²) in [6.45, 7) is 10.9. The van der Waals surface area contributed by atoms with E-state index >= 15 is 0 Å². The molecule has 1 aromatic carbocycles. The average Bonchev–Trinajstić information content (AvgIpc) is 2.28. The zero-order valence-corrected chi connectivity index (χ0v) is 11.9. The van der Waals surface area contributed by atoms with E-state index in [1.807, 2.05) is 0 Å². The van der Waals surface area contributed by atoms with Crippen LogP contribution in [0.25, 0.3) is 0 Å². The zero-order chi connectivity index (χ0) is 13.0. The molecule has 96 valence electrons. The SMILES string of the molecule is CCC(Nc1ccc(C)c(OC)c1C)C(C)C. The van der Waals surface area contributed by atoms with Crippen molar-refractivity contribution < 1.29 is 4.74 Å². The summed E-state index contributed by atoms with van der Waals surface area (Å²) < 4.78 is 5.45. The number of aryl methyl sites for hydroxylation is 1. The van der Waals surface area contributed by atoms with E-state index in [9.17, 15) is 0 Å². The summed E-state index contributed by atoms with van der Waals surface area (Å²) in [5.74, 6) is 1.63. The van der Waals surface area contributed by atoms with Crippen LogP contribution in [0.4, 0.5) is 5.69 Å². The fraction of sp³-hybridized carbons (Fsp3) is 0.600. The Balaban J connectivity index is 2.99. The third-order valence-electron chi connectivity index (χ3n) is 3.39. The van der Waals surface area contributed by atoms with Crippen LogP contribution in [-0.4, -0.2) is 13.2 Å². The molecular formula is C15H25NO. The molecule has 0 radical (unpaired) electrons. The van der Waals surface area contributed by atoms with Gasteiger partial charge in [0.15, 0.2) is 0 Å². The molecule has 2 nitrogen and oxygen atoms in total. The second kappa shape index (κ2) is 5.95. The van der Waals surface area contributed by atoms with E-state index in [0.717, 1.165) is 12.2 Å². The van der Waals surface area contributed by atoms with E-state index in [1.165, 1.54) is 16.8 Å². The molecule has 0 fully saturated rings. The first-order chi connectivity index (χ1) is 8.01. The van der Waals surface area contributed by atoms with E-state index < -0.39 is 0 Å². The van der Waals surface area contributed by atoms with Crippen LogP contribution < -0.4 is 10.1 Å². The molecule has 0 saturated carbocycles. The maximum atomic E-state index is 5.45. The Kier molecular flexibility index (Phi) is 4.86. The second-order valence-electron chi connectivity index (χ2n) is 4.99. The van der Waals surface area contributed by atoms with Crippen molar-refractivity contribution in [3.63, 3.8) is 0 Å². The Morgan fingerprint density at radius 2 is 1.88 bits per heavy atom. The van der Waals surface area contributed by atoms with Gasteiger partial charge in [-0.1, -0.05) is 26.8 Å². The third-order valence-corrected chi connectivity index (χ3v) is 3.39. The first kappa shape index (κ1) is 13.9. The number of anilines is 1. The van der Waals surface area contributed by atoms with Crippen LogP contribution in [0.2, 0.25) is 0 Å². The number of nitrogens with one attached hydrogen (secondary N) is 1. The molecule has 0 amide bonds. The lowest BCUT2D eigenvalue weighted by Crippen LogP contribution is -2.25. The molecule has 1 unspecified atom stereocenters. The number of benzene rings is 1. The highest BCUT2D eigenvalue weighted by atomic mass is 16.5. The molecule has 1 aromatic rings. The predicted molar refractivity (Wildman–Crippen MR) is 75.0 cm³/mol. The molecule has 0 aliphatic heterocycles. The summed E-state index contributed by atoms with van der Waals surface area (Å²) in [4.78, 5) is 0. The lowest BCUT2D eigenvalue weighted by Gasteiger charge is -2.24. The van der Waals surface area contributed by atoms with Crippen molar-refractivity contribution in [1.29, 1.82) is 0 Å². The smallest absolute Gasteiger partial charge is 0.126 e. The Hall–Kier alpha value is -1.18. The van der Waals surface area contributed by atoms with Crippen LogP contribution in [0.3, 0.4) is 0 Å². The maximum Gasteiger partial charge on any atom is 0.126 e. The molecule has 0 aliphatic rings. The van der Waals surface area contributed by atoms with Gasteiger partial charge in [-0.3, -0.25) is 0 Å². The molecule has 17 heavy (non-hydrogen) atoms. The summed E-state index contributed by atoms with van der Waals surface area (Å²) >= 11 is 0. The monoisotopic (exact) mass is 235 g/mol. The van der Waals surface area contributed by atoms with Gasteiger partial charge in [0.25, 0.3) is 0 Å².